The van der Waals surface area contributed by atoms with Gasteiger partial charge < -0.3 is 14.2 Å². The first-order valence-corrected chi connectivity index (χ1v) is 10.2. The van der Waals surface area contributed by atoms with Crippen molar-refractivity contribution >= 4 is 5.78 Å². The van der Waals surface area contributed by atoms with E-state index in [4.69, 9.17) is 14.2 Å². The molecule has 0 aromatic carbocycles. The van der Waals surface area contributed by atoms with Crippen molar-refractivity contribution < 1.29 is 19.0 Å². The number of Topliss-reactive ketones (excluding diaryl/α,β-unsaturated/α-hetero) is 1. The molecule has 2 saturated heterocycles. The summed E-state index contributed by atoms with van der Waals surface area (Å²) in [6.45, 7) is 5.71. The van der Waals surface area contributed by atoms with Crippen molar-refractivity contribution in [2.45, 2.75) is 88.6 Å². The van der Waals surface area contributed by atoms with Crippen LogP contribution in [0.2, 0.25) is 0 Å². The first kappa shape index (κ1) is 16.5. The average molecular weight is 346 g/mol. The summed E-state index contributed by atoms with van der Waals surface area (Å²) in [5.41, 5.74) is 1.22. The summed E-state index contributed by atoms with van der Waals surface area (Å²) in [4.78, 5) is 12.6. The first-order chi connectivity index (χ1) is 12.0. The number of allylic oxidation sites excluding steroid dienone is 1. The van der Waals surface area contributed by atoms with Crippen molar-refractivity contribution in [3.05, 3.63) is 11.6 Å². The average Bonchev–Trinajstić information content (AvgIpc) is 3.08. The summed E-state index contributed by atoms with van der Waals surface area (Å²) < 4.78 is 18.5. The molecule has 0 aromatic rings. The molecule has 25 heavy (non-hydrogen) atoms. The van der Waals surface area contributed by atoms with Crippen LogP contribution < -0.4 is 0 Å². The van der Waals surface area contributed by atoms with Gasteiger partial charge >= 0.3 is 0 Å². The minimum atomic E-state index is -0.381. The molecule has 0 bridgehead atoms. The molecule has 138 valence electrons. The van der Waals surface area contributed by atoms with E-state index in [1.54, 1.807) is 0 Å². The van der Waals surface area contributed by atoms with E-state index in [-0.39, 0.29) is 22.4 Å². The van der Waals surface area contributed by atoms with Crippen LogP contribution in [0.15, 0.2) is 11.6 Å². The first-order valence-electron chi connectivity index (χ1n) is 10.2. The van der Waals surface area contributed by atoms with Crippen molar-refractivity contribution in [1.82, 2.24) is 0 Å². The van der Waals surface area contributed by atoms with Crippen molar-refractivity contribution in [2.24, 2.45) is 11.3 Å². The van der Waals surface area contributed by atoms with Crippen molar-refractivity contribution in [1.29, 1.82) is 0 Å². The highest BCUT2D eigenvalue weighted by Gasteiger charge is 2.78. The predicted molar refractivity (Wildman–Crippen MR) is 93.1 cm³/mol. The number of epoxide rings is 1. The van der Waals surface area contributed by atoms with Gasteiger partial charge in [-0.15, -0.1) is 0 Å². The lowest BCUT2D eigenvalue weighted by atomic mass is 9.57. The number of hydrogen-bond donors (Lipinski definition) is 0. The van der Waals surface area contributed by atoms with Crippen LogP contribution in [-0.4, -0.2) is 36.0 Å². The Kier molecular flexibility index (Phi) is 3.41. The van der Waals surface area contributed by atoms with E-state index in [9.17, 15) is 4.79 Å². The minimum absolute atomic E-state index is 0.0565. The largest absolute Gasteiger partial charge is 0.358 e. The number of ketones is 1. The topological polar surface area (TPSA) is 48.1 Å². The van der Waals surface area contributed by atoms with Gasteiger partial charge in [-0.1, -0.05) is 19.9 Å². The highest BCUT2D eigenvalue weighted by Crippen LogP contribution is 2.71. The Morgan fingerprint density at radius 1 is 1.24 bits per heavy atom. The van der Waals surface area contributed by atoms with Gasteiger partial charge in [-0.05, 0) is 50.0 Å². The predicted octanol–water partition coefficient (Wildman–Crippen LogP) is 3.93. The highest BCUT2D eigenvalue weighted by molar-refractivity contribution is 5.85. The molecule has 1 unspecified atom stereocenters. The summed E-state index contributed by atoms with van der Waals surface area (Å²) in [7, 11) is 0. The summed E-state index contributed by atoms with van der Waals surface area (Å²) in [5, 5.41) is 0. The lowest BCUT2D eigenvalue weighted by molar-refractivity contribution is -0.184. The van der Waals surface area contributed by atoms with E-state index in [2.05, 4.69) is 19.9 Å². The van der Waals surface area contributed by atoms with Crippen LogP contribution in [0.5, 0.6) is 0 Å². The number of carbonyl (C=O) groups excluding carboxylic acids is 1. The molecule has 5 aliphatic rings. The maximum Gasteiger partial charge on any atom is 0.171 e. The van der Waals surface area contributed by atoms with Gasteiger partial charge in [0.15, 0.2) is 5.79 Å². The zero-order valence-corrected chi connectivity index (χ0v) is 15.6. The monoisotopic (exact) mass is 346 g/mol. The molecule has 0 N–H and O–H groups in total. The molecule has 4 atom stereocenters. The third-order valence-electron chi connectivity index (χ3n) is 7.71. The minimum Gasteiger partial charge on any atom is -0.358 e. The van der Waals surface area contributed by atoms with Gasteiger partial charge in [-0.25, -0.2) is 0 Å². The van der Waals surface area contributed by atoms with Crippen LogP contribution in [0.25, 0.3) is 0 Å². The fraction of sp³-hybridized carbons (Fsp3) is 0.857. The van der Waals surface area contributed by atoms with E-state index in [1.807, 2.05) is 0 Å². The summed E-state index contributed by atoms with van der Waals surface area (Å²) in [6, 6.07) is 0. The molecule has 2 saturated carbocycles. The van der Waals surface area contributed by atoms with Crippen LogP contribution in [0, 0.1) is 11.3 Å². The van der Waals surface area contributed by atoms with Gasteiger partial charge in [-0.3, -0.25) is 4.79 Å². The molecule has 4 heteroatoms. The standard InChI is InChI=1S/C21H30O4/c1-3-4-17(22)18(2)7-6-16-15(13-18)5-8-19-14-20(23-11-12-24-20)9-10-21(16,19)25-19/h6,15H,3-5,7-14H2,1-2H3/t15?,18-,19+,21+/m0/s1. The second kappa shape index (κ2) is 5.17. The number of rotatable bonds is 3. The zero-order chi connectivity index (χ0) is 17.3. The molecule has 3 aliphatic carbocycles. The normalized spacial score (nSPS) is 46.8. The van der Waals surface area contributed by atoms with Gasteiger partial charge in [-0.2, -0.15) is 0 Å². The van der Waals surface area contributed by atoms with E-state index in [0.29, 0.717) is 24.9 Å². The summed E-state index contributed by atoms with van der Waals surface area (Å²) in [6.07, 6.45) is 11.0. The van der Waals surface area contributed by atoms with Gasteiger partial charge in [0.2, 0.25) is 0 Å². The van der Waals surface area contributed by atoms with Crippen LogP contribution >= 0.6 is 0 Å². The van der Waals surface area contributed by atoms with Crippen molar-refractivity contribution in [3.8, 4) is 0 Å². The van der Waals surface area contributed by atoms with Crippen LogP contribution in [-0.2, 0) is 19.0 Å². The van der Waals surface area contributed by atoms with E-state index < -0.39 is 0 Å². The Bertz CT molecular complexity index is 634. The smallest absolute Gasteiger partial charge is 0.171 e. The fourth-order valence-electron chi connectivity index (χ4n) is 6.36. The number of hydrogen-bond acceptors (Lipinski definition) is 4. The number of ether oxygens (including phenoxy) is 3. The van der Waals surface area contributed by atoms with Crippen LogP contribution in [0.3, 0.4) is 0 Å². The van der Waals surface area contributed by atoms with E-state index in [0.717, 1.165) is 57.8 Å². The Balaban J connectivity index is 1.40. The Morgan fingerprint density at radius 3 is 2.80 bits per heavy atom. The van der Waals surface area contributed by atoms with Crippen molar-refractivity contribution in [2.75, 3.05) is 13.2 Å². The lowest BCUT2D eigenvalue weighted by Crippen LogP contribution is -2.50. The third kappa shape index (κ3) is 2.14. The van der Waals surface area contributed by atoms with Crippen molar-refractivity contribution in [3.63, 3.8) is 0 Å². The maximum atomic E-state index is 12.6. The van der Waals surface area contributed by atoms with Gasteiger partial charge in [0, 0.05) is 24.7 Å². The molecular formula is C21H30O4. The quantitative estimate of drug-likeness (QED) is 0.574. The Morgan fingerprint density at radius 2 is 2.04 bits per heavy atom. The number of carbonyl (C=O) groups is 1. The molecule has 4 nitrogen and oxygen atoms in total. The second-order valence-electron chi connectivity index (χ2n) is 9.24. The van der Waals surface area contributed by atoms with Gasteiger partial charge in [0.05, 0.1) is 13.2 Å². The second-order valence-corrected chi connectivity index (χ2v) is 9.24. The van der Waals surface area contributed by atoms with Gasteiger partial charge in [0.25, 0.3) is 0 Å². The molecule has 0 radical (unpaired) electrons. The molecule has 2 aliphatic heterocycles. The molecule has 1 spiro atoms. The van der Waals surface area contributed by atoms with E-state index >= 15 is 0 Å². The van der Waals surface area contributed by atoms with E-state index in [1.165, 1.54) is 5.57 Å². The summed E-state index contributed by atoms with van der Waals surface area (Å²) >= 11 is 0. The summed E-state index contributed by atoms with van der Waals surface area (Å²) in [5.74, 6) is 0.592. The molecule has 5 rings (SSSR count). The third-order valence-corrected chi connectivity index (χ3v) is 7.71. The maximum absolute atomic E-state index is 12.6. The number of fused-ring (bicyclic) bond motifs is 1. The van der Waals surface area contributed by atoms with Gasteiger partial charge in [0.1, 0.15) is 17.0 Å². The zero-order valence-electron chi connectivity index (χ0n) is 15.6. The highest BCUT2D eigenvalue weighted by atomic mass is 16.7. The molecule has 2 heterocycles. The van der Waals surface area contributed by atoms with Crippen LogP contribution in [0.1, 0.15) is 71.6 Å². The molecule has 0 aromatic heterocycles. The lowest BCUT2D eigenvalue weighted by Gasteiger charge is -2.46. The Hall–Kier alpha value is -0.710. The Labute approximate surface area is 150 Å². The fourth-order valence-corrected chi connectivity index (χ4v) is 6.36. The molecule has 4 fully saturated rings. The van der Waals surface area contributed by atoms with Crippen LogP contribution in [0.4, 0.5) is 0 Å². The molecular weight excluding hydrogens is 316 g/mol. The SMILES string of the molecule is CCCC(=O)[C@@]1(C)CC=C2C(CC[C@@]34CC5(CC[C@@]23O4)OCCO5)C1. The molecule has 0 amide bonds.